The van der Waals surface area contributed by atoms with E-state index in [9.17, 15) is 4.79 Å². The highest BCUT2D eigenvalue weighted by molar-refractivity contribution is 5.80. The Hall–Kier alpha value is -2.73. The normalized spacial score (nSPS) is 16.5. The summed E-state index contributed by atoms with van der Waals surface area (Å²) in [6, 6.07) is 16.1. The second-order valence-electron chi connectivity index (χ2n) is 8.30. The zero-order chi connectivity index (χ0) is 22.2. The molecular formula is C25H35N3O3. The number of rotatable bonds is 9. The molecule has 6 heteroatoms. The van der Waals surface area contributed by atoms with Crippen molar-refractivity contribution >= 4 is 11.6 Å². The van der Waals surface area contributed by atoms with Gasteiger partial charge in [-0.05, 0) is 69.2 Å². The lowest BCUT2D eigenvalue weighted by atomic mass is 10.1. The number of hydrogen-bond donors (Lipinski definition) is 1. The van der Waals surface area contributed by atoms with Crippen molar-refractivity contribution in [3.63, 3.8) is 0 Å². The van der Waals surface area contributed by atoms with Gasteiger partial charge in [0.25, 0.3) is 5.91 Å². The molecule has 3 rings (SSSR count). The molecule has 6 nitrogen and oxygen atoms in total. The Morgan fingerprint density at radius 2 is 1.71 bits per heavy atom. The third-order valence-electron chi connectivity index (χ3n) is 5.75. The number of piperazine rings is 1. The van der Waals surface area contributed by atoms with Crippen LogP contribution in [-0.2, 0) is 4.79 Å². The molecule has 168 valence electrons. The van der Waals surface area contributed by atoms with Gasteiger partial charge < -0.3 is 19.7 Å². The SMILES string of the molecule is COc1ccc(OC(C)C(=O)NC(C)CCN2CCN(c3cccc(C)c3)CC2)cc1. The summed E-state index contributed by atoms with van der Waals surface area (Å²) in [4.78, 5) is 17.4. The molecule has 2 aromatic carbocycles. The van der Waals surface area contributed by atoms with Crippen molar-refractivity contribution in [1.82, 2.24) is 10.2 Å². The van der Waals surface area contributed by atoms with Gasteiger partial charge in [-0.1, -0.05) is 12.1 Å². The summed E-state index contributed by atoms with van der Waals surface area (Å²) in [6.07, 6.45) is 0.375. The largest absolute Gasteiger partial charge is 0.497 e. The number of methoxy groups -OCH3 is 1. The number of nitrogens with zero attached hydrogens (tertiary/aromatic N) is 2. The van der Waals surface area contributed by atoms with Crippen LogP contribution in [-0.4, -0.2) is 62.8 Å². The topological polar surface area (TPSA) is 54.0 Å². The number of carbonyl (C=O) groups excluding carboxylic acids is 1. The van der Waals surface area contributed by atoms with Gasteiger partial charge in [-0.15, -0.1) is 0 Å². The summed E-state index contributed by atoms with van der Waals surface area (Å²) in [7, 11) is 1.62. The van der Waals surface area contributed by atoms with Gasteiger partial charge in [0.15, 0.2) is 6.10 Å². The van der Waals surface area contributed by atoms with Gasteiger partial charge in [0.2, 0.25) is 0 Å². The van der Waals surface area contributed by atoms with E-state index in [1.165, 1.54) is 11.3 Å². The monoisotopic (exact) mass is 425 g/mol. The molecule has 0 saturated carbocycles. The minimum Gasteiger partial charge on any atom is -0.497 e. The first-order valence-electron chi connectivity index (χ1n) is 11.1. The van der Waals surface area contributed by atoms with Crippen LogP contribution in [0.25, 0.3) is 0 Å². The average Bonchev–Trinajstić information content (AvgIpc) is 2.78. The lowest BCUT2D eigenvalue weighted by Crippen LogP contribution is -2.48. The maximum absolute atomic E-state index is 12.5. The van der Waals surface area contributed by atoms with Crippen molar-refractivity contribution in [2.75, 3.05) is 44.7 Å². The van der Waals surface area contributed by atoms with Gasteiger partial charge in [0, 0.05) is 44.5 Å². The maximum atomic E-state index is 12.5. The fourth-order valence-electron chi connectivity index (χ4n) is 3.77. The van der Waals surface area contributed by atoms with Crippen molar-refractivity contribution < 1.29 is 14.3 Å². The summed E-state index contributed by atoms with van der Waals surface area (Å²) >= 11 is 0. The maximum Gasteiger partial charge on any atom is 0.260 e. The predicted molar refractivity (Wildman–Crippen MR) is 125 cm³/mol. The van der Waals surface area contributed by atoms with Crippen LogP contribution in [0.3, 0.4) is 0 Å². The molecule has 2 aromatic rings. The number of nitrogens with one attached hydrogen (secondary N) is 1. The molecule has 2 atom stereocenters. The molecule has 1 heterocycles. The Balaban J connectivity index is 1.36. The molecular weight excluding hydrogens is 390 g/mol. The summed E-state index contributed by atoms with van der Waals surface area (Å²) in [5.41, 5.74) is 2.61. The Morgan fingerprint density at radius 1 is 1.03 bits per heavy atom. The number of amides is 1. The summed E-state index contributed by atoms with van der Waals surface area (Å²) in [5.74, 6) is 1.33. The zero-order valence-corrected chi connectivity index (χ0v) is 19.1. The third kappa shape index (κ3) is 6.89. The van der Waals surface area contributed by atoms with Gasteiger partial charge in [-0.3, -0.25) is 9.69 Å². The van der Waals surface area contributed by atoms with Gasteiger partial charge >= 0.3 is 0 Å². The fraction of sp³-hybridized carbons (Fsp3) is 0.480. The second kappa shape index (κ2) is 11.0. The standard InChI is InChI=1S/C25H35N3O3/c1-19-6-5-7-22(18-19)28-16-14-27(15-17-28)13-12-20(2)26-25(29)21(3)31-24-10-8-23(30-4)9-11-24/h5-11,18,20-21H,12-17H2,1-4H3,(H,26,29). The number of benzene rings is 2. The molecule has 1 amide bonds. The van der Waals surface area contributed by atoms with Crippen molar-refractivity contribution in [2.45, 2.75) is 39.3 Å². The van der Waals surface area contributed by atoms with E-state index in [2.05, 4.69) is 53.2 Å². The Labute approximate surface area is 186 Å². The molecule has 0 aromatic heterocycles. The minimum atomic E-state index is -0.547. The number of carbonyl (C=O) groups is 1. The van der Waals surface area contributed by atoms with Crippen molar-refractivity contribution in [3.05, 3.63) is 54.1 Å². The lowest BCUT2D eigenvalue weighted by molar-refractivity contribution is -0.127. The molecule has 1 fully saturated rings. The van der Waals surface area contributed by atoms with Crippen LogP contribution in [0.15, 0.2) is 48.5 Å². The van der Waals surface area contributed by atoms with E-state index in [4.69, 9.17) is 9.47 Å². The molecule has 1 aliphatic rings. The lowest BCUT2D eigenvalue weighted by Gasteiger charge is -2.36. The first kappa shape index (κ1) is 22.9. The van der Waals surface area contributed by atoms with E-state index >= 15 is 0 Å². The number of anilines is 1. The molecule has 1 saturated heterocycles. The summed E-state index contributed by atoms with van der Waals surface area (Å²) in [6.45, 7) is 11.1. The van der Waals surface area contributed by atoms with E-state index < -0.39 is 6.10 Å². The highest BCUT2D eigenvalue weighted by Crippen LogP contribution is 2.19. The fourth-order valence-corrected chi connectivity index (χ4v) is 3.77. The number of aryl methyl sites for hydroxylation is 1. The highest BCUT2D eigenvalue weighted by atomic mass is 16.5. The van der Waals surface area contributed by atoms with E-state index in [1.54, 1.807) is 14.0 Å². The van der Waals surface area contributed by atoms with Crippen molar-refractivity contribution in [3.8, 4) is 11.5 Å². The Bertz CT molecular complexity index is 832. The summed E-state index contributed by atoms with van der Waals surface area (Å²) in [5, 5.41) is 3.08. The first-order chi connectivity index (χ1) is 14.9. The van der Waals surface area contributed by atoms with Gasteiger partial charge in [0.1, 0.15) is 11.5 Å². The van der Waals surface area contributed by atoms with Crippen LogP contribution in [0.4, 0.5) is 5.69 Å². The third-order valence-corrected chi connectivity index (χ3v) is 5.75. The first-order valence-corrected chi connectivity index (χ1v) is 11.1. The van der Waals surface area contributed by atoms with Crippen molar-refractivity contribution in [2.24, 2.45) is 0 Å². The van der Waals surface area contributed by atoms with Crippen LogP contribution < -0.4 is 19.7 Å². The van der Waals surface area contributed by atoms with E-state index in [1.807, 2.05) is 24.3 Å². The van der Waals surface area contributed by atoms with Gasteiger partial charge in [-0.25, -0.2) is 0 Å². The van der Waals surface area contributed by atoms with Crippen molar-refractivity contribution in [1.29, 1.82) is 0 Å². The molecule has 1 aliphatic heterocycles. The van der Waals surface area contributed by atoms with Gasteiger partial charge in [-0.2, -0.15) is 0 Å². The minimum absolute atomic E-state index is 0.0902. The molecule has 0 radical (unpaired) electrons. The molecule has 0 spiro atoms. The molecule has 0 bridgehead atoms. The van der Waals surface area contributed by atoms with E-state index in [0.717, 1.165) is 44.9 Å². The average molecular weight is 426 g/mol. The van der Waals surface area contributed by atoms with Crippen LogP contribution in [0.1, 0.15) is 25.8 Å². The van der Waals surface area contributed by atoms with Crippen LogP contribution in [0, 0.1) is 6.92 Å². The molecule has 2 unspecified atom stereocenters. The Morgan fingerprint density at radius 3 is 2.35 bits per heavy atom. The van der Waals surface area contributed by atoms with Gasteiger partial charge in [0.05, 0.1) is 7.11 Å². The Kier molecular flexibility index (Phi) is 8.18. The highest BCUT2D eigenvalue weighted by Gasteiger charge is 2.20. The summed E-state index contributed by atoms with van der Waals surface area (Å²) < 4.78 is 10.9. The van der Waals surface area contributed by atoms with E-state index in [-0.39, 0.29) is 11.9 Å². The zero-order valence-electron chi connectivity index (χ0n) is 19.1. The smallest absolute Gasteiger partial charge is 0.260 e. The van der Waals surface area contributed by atoms with E-state index in [0.29, 0.717) is 5.75 Å². The quantitative estimate of drug-likeness (QED) is 0.667. The van der Waals surface area contributed by atoms with Crippen LogP contribution >= 0.6 is 0 Å². The second-order valence-corrected chi connectivity index (χ2v) is 8.30. The molecule has 1 N–H and O–H groups in total. The molecule has 31 heavy (non-hydrogen) atoms. The predicted octanol–water partition coefficient (Wildman–Crippen LogP) is 3.49. The molecule has 0 aliphatic carbocycles. The number of ether oxygens (including phenoxy) is 2. The van der Waals surface area contributed by atoms with Crippen LogP contribution in [0.5, 0.6) is 11.5 Å². The van der Waals surface area contributed by atoms with Crippen LogP contribution in [0.2, 0.25) is 0 Å². The number of hydrogen-bond acceptors (Lipinski definition) is 5.